The van der Waals surface area contributed by atoms with E-state index in [-0.39, 0.29) is 35.9 Å². The zero-order valence-electron chi connectivity index (χ0n) is 6.30. The van der Waals surface area contributed by atoms with E-state index in [0.29, 0.717) is 0 Å². The predicted molar refractivity (Wildman–Crippen MR) is 42.5 cm³/mol. The van der Waals surface area contributed by atoms with E-state index in [1.807, 2.05) is 12.2 Å². The first kappa shape index (κ1) is 22.9. The Balaban J connectivity index is -0.0000000417. The van der Waals surface area contributed by atoms with Gasteiger partial charge >= 0.3 is 21.1 Å². The number of hydrogen-bond donors (Lipinski definition) is 0. The Kier molecular flexibility index (Phi) is 61.5. The van der Waals surface area contributed by atoms with Crippen LogP contribution in [-0.2, 0) is 21.1 Å². The van der Waals surface area contributed by atoms with Gasteiger partial charge in [0.2, 0.25) is 0 Å². The van der Waals surface area contributed by atoms with E-state index in [4.69, 9.17) is 0 Å². The minimum Gasteiger partial charge on any atom is -0.358 e. The molecule has 0 saturated carbocycles. The summed E-state index contributed by atoms with van der Waals surface area (Å²) >= 11 is 0. The Bertz CT molecular complexity index is 40.5. The van der Waals surface area contributed by atoms with Crippen LogP contribution >= 0.6 is 0 Å². The quantitative estimate of drug-likeness (QED) is 0.427. The summed E-state index contributed by atoms with van der Waals surface area (Å²) in [6, 6.07) is 0. The molecule has 0 nitrogen and oxygen atoms in total. The van der Waals surface area contributed by atoms with Crippen molar-refractivity contribution in [3.63, 3.8) is 0 Å². The van der Waals surface area contributed by atoms with Gasteiger partial charge in [-0.05, 0) is 12.8 Å². The van der Waals surface area contributed by atoms with Crippen molar-refractivity contribution in [3.05, 3.63) is 40.2 Å². The molecule has 0 aliphatic rings. The van der Waals surface area contributed by atoms with Gasteiger partial charge in [-0.15, -0.1) is 13.2 Å². The largest absolute Gasteiger partial charge is 2.00 e. The van der Waals surface area contributed by atoms with Gasteiger partial charge in [-0.1, -0.05) is 12.2 Å². The molecule has 0 atom stereocenters. The van der Waals surface area contributed by atoms with Crippen molar-refractivity contribution in [2.75, 3.05) is 0 Å². The van der Waals surface area contributed by atoms with Gasteiger partial charge in [0.1, 0.15) is 0 Å². The van der Waals surface area contributed by atoms with Crippen LogP contribution in [0.2, 0.25) is 0 Å². The van der Waals surface area contributed by atoms with E-state index in [1.54, 1.807) is 0 Å². The number of hydrogen-bond acceptors (Lipinski definition) is 0. The van der Waals surface area contributed by atoms with Crippen molar-refractivity contribution in [1.82, 2.24) is 0 Å². The summed E-state index contributed by atoms with van der Waals surface area (Å²) < 4.78 is 0. The molecule has 0 amide bonds. The Morgan fingerprint density at radius 1 is 0.889 bits per heavy atom. The molecule has 0 aromatic carbocycles. The Labute approximate surface area is 74.3 Å². The van der Waals surface area contributed by atoms with Gasteiger partial charge < -0.3 is 14.9 Å². The Hall–Kier alpha value is 0.168. The third-order valence-electron chi connectivity index (χ3n) is 0.575. The summed E-state index contributed by atoms with van der Waals surface area (Å²) in [5, 5.41) is 0. The molecule has 0 fully saturated rings. The molecule has 0 radical (unpaired) electrons. The van der Waals surface area contributed by atoms with Crippen LogP contribution < -0.4 is 0 Å². The van der Waals surface area contributed by atoms with Crippen molar-refractivity contribution in [2.45, 2.75) is 12.8 Å². The van der Waals surface area contributed by atoms with Crippen LogP contribution in [0.25, 0.3) is 0 Å². The molecule has 0 saturated heterocycles. The minimum atomic E-state index is 0. The maximum atomic E-state index is 3.55. The molecular weight excluding hydrogens is 291 g/mol. The molecule has 0 aromatic heterocycles. The van der Waals surface area contributed by atoms with E-state index in [2.05, 4.69) is 13.2 Å². The van der Waals surface area contributed by atoms with Crippen molar-refractivity contribution < 1.29 is 21.1 Å². The van der Waals surface area contributed by atoms with E-state index in [9.17, 15) is 0 Å². The van der Waals surface area contributed by atoms with E-state index >= 15 is 0 Å². The summed E-state index contributed by atoms with van der Waals surface area (Å²) in [5.74, 6) is 0. The first-order chi connectivity index (χ1) is 2.91. The first-order valence-electron chi connectivity index (χ1n) is 2.13. The molecule has 0 spiro atoms. The molecule has 1 heteroatoms. The average molecular weight is 307 g/mol. The van der Waals surface area contributed by atoms with Gasteiger partial charge in [0.15, 0.2) is 0 Å². The smallest absolute Gasteiger partial charge is 0.358 e. The van der Waals surface area contributed by atoms with Gasteiger partial charge in [0.05, 0.1) is 0 Å². The fourth-order valence-electron chi connectivity index (χ4n) is 0.236. The Morgan fingerprint density at radius 2 is 1.11 bits per heavy atom. The molecule has 0 aliphatic carbocycles. The second kappa shape index (κ2) is 24.2. The predicted octanol–water partition coefficient (Wildman–Crippen LogP) is 3.04. The second-order valence-electron chi connectivity index (χ2n) is 1.15. The molecule has 58 valence electrons. The van der Waals surface area contributed by atoms with Crippen molar-refractivity contribution in [3.8, 4) is 0 Å². The summed E-state index contributed by atoms with van der Waals surface area (Å²) in [7, 11) is 0. The molecule has 0 rings (SSSR count). The van der Waals surface area contributed by atoms with Gasteiger partial charge in [-0.3, -0.25) is 0 Å². The van der Waals surface area contributed by atoms with Crippen LogP contribution in [0.15, 0.2) is 25.3 Å². The fraction of sp³-hybridized carbons (Fsp3) is 0.250. The third kappa shape index (κ3) is 31.0. The SMILES string of the molecule is C=CCCC=C.[CH3-].[CH3-].[Pt+2]. The van der Waals surface area contributed by atoms with Crippen LogP contribution in [-0.4, -0.2) is 0 Å². The third-order valence-corrected chi connectivity index (χ3v) is 0.575. The van der Waals surface area contributed by atoms with E-state index in [1.165, 1.54) is 0 Å². The zero-order chi connectivity index (χ0) is 4.83. The number of allylic oxidation sites excluding steroid dienone is 2. The van der Waals surface area contributed by atoms with Crippen molar-refractivity contribution in [2.24, 2.45) is 0 Å². The summed E-state index contributed by atoms with van der Waals surface area (Å²) in [5.41, 5.74) is 0. The van der Waals surface area contributed by atoms with E-state index in [0.717, 1.165) is 12.8 Å². The van der Waals surface area contributed by atoms with Crippen LogP contribution in [0, 0.1) is 14.9 Å². The summed E-state index contributed by atoms with van der Waals surface area (Å²) in [6.45, 7) is 7.10. The summed E-state index contributed by atoms with van der Waals surface area (Å²) in [6.07, 6.45) is 5.90. The van der Waals surface area contributed by atoms with Crippen molar-refractivity contribution in [1.29, 1.82) is 0 Å². The normalized spacial score (nSPS) is 4.89. The zero-order valence-corrected chi connectivity index (χ0v) is 8.57. The van der Waals surface area contributed by atoms with Gasteiger partial charge in [-0.25, -0.2) is 0 Å². The van der Waals surface area contributed by atoms with Gasteiger partial charge in [0.25, 0.3) is 0 Å². The monoisotopic (exact) mass is 307 g/mol. The number of unbranched alkanes of at least 4 members (excludes halogenated alkanes) is 1. The van der Waals surface area contributed by atoms with E-state index < -0.39 is 0 Å². The van der Waals surface area contributed by atoms with Crippen LogP contribution in [0.3, 0.4) is 0 Å². The topological polar surface area (TPSA) is 0 Å². The van der Waals surface area contributed by atoms with Crippen LogP contribution in [0.1, 0.15) is 12.8 Å². The van der Waals surface area contributed by atoms with Crippen LogP contribution in [0.5, 0.6) is 0 Å². The Morgan fingerprint density at radius 3 is 1.22 bits per heavy atom. The molecule has 0 heterocycles. The first-order valence-corrected chi connectivity index (χ1v) is 2.13. The maximum Gasteiger partial charge on any atom is 2.00 e. The molecule has 0 aliphatic heterocycles. The molecule has 0 bridgehead atoms. The maximum absolute atomic E-state index is 3.55. The molecule has 9 heavy (non-hydrogen) atoms. The van der Waals surface area contributed by atoms with Gasteiger partial charge in [-0.2, -0.15) is 0 Å². The minimum absolute atomic E-state index is 0. The van der Waals surface area contributed by atoms with Crippen LogP contribution in [0.4, 0.5) is 0 Å². The molecule has 0 N–H and O–H groups in total. The fourth-order valence-corrected chi connectivity index (χ4v) is 0.236. The molecule has 0 aromatic rings. The average Bonchev–Trinajstić information content (AvgIpc) is 1.61. The molecule has 0 unspecified atom stereocenters. The number of rotatable bonds is 3. The molecular formula is C8H16Pt. The van der Waals surface area contributed by atoms with Gasteiger partial charge in [0, 0.05) is 0 Å². The second-order valence-corrected chi connectivity index (χ2v) is 1.15. The summed E-state index contributed by atoms with van der Waals surface area (Å²) in [4.78, 5) is 0. The van der Waals surface area contributed by atoms with Crippen molar-refractivity contribution >= 4 is 0 Å². The standard InChI is InChI=1S/C6H10.2CH3.Pt/c1-3-5-6-4-2;;;/h3-4H,1-2,5-6H2;2*1H3;/q;2*-1;+2.